The summed E-state index contributed by atoms with van der Waals surface area (Å²) in [7, 11) is 0. The van der Waals surface area contributed by atoms with Gasteiger partial charge in [-0.25, -0.2) is 0 Å². The Morgan fingerprint density at radius 2 is 1.43 bits per heavy atom. The molecular weight excluding hydrogens is 338 g/mol. The van der Waals surface area contributed by atoms with E-state index in [9.17, 15) is 5.26 Å². The molecule has 0 aromatic heterocycles. The summed E-state index contributed by atoms with van der Waals surface area (Å²) in [6.07, 6.45) is 28.7. The number of hydrogen-bond donors (Lipinski definition) is 0. The molecule has 2 rings (SSSR count). The minimum Gasteiger partial charge on any atom is -0.198 e. The summed E-state index contributed by atoms with van der Waals surface area (Å²) in [5.41, 5.74) is -0.0112. The maximum absolute atomic E-state index is 9.84. The lowest BCUT2D eigenvalue weighted by molar-refractivity contribution is 0.116. The highest BCUT2D eigenvalue weighted by Gasteiger charge is 2.38. The topological polar surface area (TPSA) is 23.8 Å². The van der Waals surface area contributed by atoms with Crippen LogP contribution in [-0.2, 0) is 0 Å². The molecule has 2 aliphatic rings. The molecule has 160 valence electrons. The third kappa shape index (κ3) is 7.93. The second kappa shape index (κ2) is 13.5. The van der Waals surface area contributed by atoms with Crippen molar-refractivity contribution in [3.8, 4) is 6.07 Å². The van der Waals surface area contributed by atoms with Gasteiger partial charge in [-0.1, -0.05) is 83.8 Å². The number of unbranched alkanes of at least 4 members (excludes halogenated alkanes) is 5. The molecule has 2 fully saturated rings. The van der Waals surface area contributed by atoms with E-state index in [1.807, 2.05) is 0 Å². The van der Waals surface area contributed by atoms with Crippen LogP contribution in [0.5, 0.6) is 0 Å². The third-order valence-corrected chi connectivity index (χ3v) is 7.91. The zero-order chi connectivity index (χ0) is 20.1. The molecule has 0 spiro atoms. The highest BCUT2D eigenvalue weighted by molar-refractivity contribution is 5.03. The Balaban J connectivity index is 1.64. The maximum Gasteiger partial charge on any atom is 0.0689 e. The molecule has 0 unspecified atom stereocenters. The molecule has 0 amide bonds. The second-order valence-electron chi connectivity index (χ2n) is 10.0. The van der Waals surface area contributed by atoms with Crippen molar-refractivity contribution in [1.82, 2.24) is 0 Å². The molecule has 2 aliphatic carbocycles. The minimum absolute atomic E-state index is 0.0112. The number of hydrogen-bond acceptors (Lipinski definition) is 1. The molecule has 1 nitrogen and oxygen atoms in total. The highest BCUT2D eigenvalue weighted by Crippen LogP contribution is 2.47. The molecule has 0 bridgehead atoms. The summed E-state index contributed by atoms with van der Waals surface area (Å²) in [5, 5.41) is 9.84. The summed E-state index contributed by atoms with van der Waals surface area (Å²) in [6, 6.07) is 2.74. The molecule has 2 saturated carbocycles. The van der Waals surface area contributed by atoms with Crippen molar-refractivity contribution < 1.29 is 0 Å². The second-order valence-corrected chi connectivity index (χ2v) is 10.0. The van der Waals surface area contributed by atoms with Gasteiger partial charge in [-0.05, 0) is 75.5 Å². The highest BCUT2D eigenvalue weighted by atomic mass is 14.4. The Hall–Kier alpha value is -0.770. The lowest BCUT2D eigenvalue weighted by Crippen LogP contribution is -2.31. The van der Waals surface area contributed by atoms with Crippen LogP contribution in [0.1, 0.15) is 129 Å². The van der Waals surface area contributed by atoms with Crippen LogP contribution in [0.15, 0.2) is 12.2 Å². The van der Waals surface area contributed by atoms with Gasteiger partial charge in [-0.2, -0.15) is 5.26 Å². The van der Waals surface area contributed by atoms with Crippen LogP contribution in [-0.4, -0.2) is 0 Å². The first-order valence-electron chi connectivity index (χ1n) is 12.8. The van der Waals surface area contributed by atoms with E-state index in [4.69, 9.17) is 0 Å². The fourth-order valence-electron chi connectivity index (χ4n) is 5.83. The van der Waals surface area contributed by atoms with Crippen LogP contribution < -0.4 is 0 Å². The van der Waals surface area contributed by atoms with Crippen LogP contribution in [0.2, 0.25) is 0 Å². The predicted octanol–water partition coefficient (Wildman–Crippen LogP) is 8.99. The van der Waals surface area contributed by atoms with E-state index in [1.54, 1.807) is 0 Å². The van der Waals surface area contributed by atoms with Gasteiger partial charge in [0, 0.05) is 0 Å². The van der Waals surface area contributed by atoms with E-state index in [1.165, 1.54) is 89.9 Å². The summed E-state index contributed by atoms with van der Waals surface area (Å²) in [6.45, 7) is 4.53. The van der Waals surface area contributed by atoms with Crippen molar-refractivity contribution in [2.24, 2.45) is 23.2 Å². The van der Waals surface area contributed by atoms with Gasteiger partial charge in [0.25, 0.3) is 0 Å². The molecular formula is C27H47N. The fourth-order valence-corrected chi connectivity index (χ4v) is 5.83. The average Bonchev–Trinajstić information content (AvgIpc) is 2.74. The van der Waals surface area contributed by atoms with Gasteiger partial charge in [0.2, 0.25) is 0 Å². The molecule has 1 heteroatoms. The molecule has 0 atom stereocenters. The van der Waals surface area contributed by atoms with E-state index in [-0.39, 0.29) is 5.41 Å². The van der Waals surface area contributed by atoms with Crippen molar-refractivity contribution >= 4 is 0 Å². The zero-order valence-electron chi connectivity index (χ0n) is 19.1. The van der Waals surface area contributed by atoms with E-state index in [2.05, 4.69) is 32.1 Å². The Morgan fingerprint density at radius 3 is 2.07 bits per heavy atom. The summed E-state index contributed by atoms with van der Waals surface area (Å²) in [4.78, 5) is 0. The molecule has 0 aromatic carbocycles. The van der Waals surface area contributed by atoms with E-state index >= 15 is 0 Å². The maximum atomic E-state index is 9.84. The SMILES string of the molecule is CCC/C=C/CCC1(C#N)CCC(C2CCC(CCCCCCC)CC2)CC1. The minimum atomic E-state index is -0.0112. The summed E-state index contributed by atoms with van der Waals surface area (Å²) < 4.78 is 0. The van der Waals surface area contributed by atoms with Crippen LogP contribution in [0, 0.1) is 34.5 Å². The van der Waals surface area contributed by atoms with Gasteiger partial charge in [0.15, 0.2) is 0 Å². The van der Waals surface area contributed by atoms with Gasteiger partial charge in [-0.15, -0.1) is 0 Å². The predicted molar refractivity (Wildman–Crippen MR) is 122 cm³/mol. The number of allylic oxidation sites excluding steroid dienone is 2. The van der Waals surface area contributed by atoms with Crippen LogP contribution >= 0.6 is 0 Å². The normalized spacial score (nSPS) is 31.1. The first-order valence-corrected chi connectivity index (χ1v) is 12.8. The molecule has 0 heterocycles. The van der Waals surface area contributed by atoms with Gasteiger partial charge in [-0.3, -0.25) is 0 Å². The first kappa shape index (κ1) is 23.5. The molecule has 0 aliphatic heterocycles. The van der Waals surface area contributed by atoms with Crippen molar-refractivity contribution in [2.45, 2.75) is 129 Å². The third-order valence-electron chi connectivity index (χ3n) is 7.91. The van der Waals surface area contributed by atoms with E-state index < -0.39 is 0 Å². The monoisotopic (exact) mass is 385 g/mol. The summed E-state index contributed by atoms with van der Waals surface area (Å²) in [5.74, 6) is 2.91. The Bertz CT molecular complexity index is 455. The molecule has 28 heavy (non-hydrogen) atoms. The van der Waals surface area contributed by atoms with Crippen molar-refractivity contribution in [3.63, 3.8) is 0 Å². The van der Waals surface area contributed by atoms with Gasteiger partial charge in [0.05, 0.1) is 11.5 Å². The van der Waals surface area contributed by atoms with E-state index in [0.717, 1.165) is 43.4 Å². The first-order chi connectivity index (χ1) is 13.7. The summed E-state index contributed by atoms with van der Waals surface area (Å²) >= 11 is 0. The van der Waals surface area contributed by atoms with Gasteiger partial charge >= 0.3 is 0 Å². The Labute approximate surface area is 176 Å². The number of nitriles is 1. The standard InChI is InChI=1S/C27H47N/c1-3-5-7-9-11-13-24-14-16-25(17-15-24)26-18-21-27(23-28,22-19-26)20-12-10-8-6-4-2/h8,10,24-26H,3-7,9,11-22H2,1-2H3/b10-8+. The number of rotatable bonds is 12. The van der Waals surface area contributed by atoms with Crippen LogP contribution in [0.25, 0.3) is 0 Å². The van der Waals surface area contributed by atoms with E-state index in [0.29, 0.717) is 0 Å². The van der Waals surface area contributed by atoms with Crippen molar-refractivity contribution in [3.05, 3.63) is 12.2 Å². The van der Waals surface area contributed by atoms with Gasteiger partial charge in [0.1, 0.15) is 0 Å². The lowest BCUT2D eigenvalue weighted by atomic mass is 9.63. The van der Waals surface area contributed by atoms with Crippen molar-refractivity contribution in [1.29, 1.82) is 5.26 Å². The molecule has 0 N–H and O–H groups in total. The van der Waals surface area contributed by atoms with Crippen molar-refractivity contribution in [2.75, 3.05) is 0 Å². The van der Waals surface area contributed by atoms with Crippen LogP contribution in [0.4, 0.5) is 0 Å². The quantitative estimate of drug-likeness (QED) is 0.243. The van der Waals surface area contributed by atoms with Gasteiger partial charge < -0.3 is 0 Å². The smallest absolute Gasteiger partial charge is 0.0689 e. The Kier molecular flexibility index (Phi) is 11.3. The number of nitrogens with zero attached hydrogens (tertiary/aromatic N) is 1. The lowest BCUT2D eigenvalue weighted by Gasteiger charge is -2.40. The molecule has 0 saturated heterocycles. The molecule has 0 aromatic rings. The largest absolute Gasteiger partial charge is 0.198 e. The zero-order valence-corrected chi connectivity index (χ0v) is 19.1. The fraction of sp³-hybridized carbons (Fsp3) is 0.889. The average molecular weight is 386 g/mol. The molecule has 0 radical (unpaired) electrons. The Morgan fingerprint density at radius 1 is 0.786 bits per heavy atom. The van der Waals surface area contributed by atoms with Crippen LogP contribution in [0.3, 0.4) is 0 Å².